The number of benzene rings is 1. The fourth-order valence-electron chi connectivity index (χ4n) is 2.39. The van der Waals surface area contributed by atoms with Gasteiger partial charge in [-0.25, -0.2) is 0 Å². The minimum atomic E-state index is -0.518. The molecule has 1 aromatic carbocycles. The number of fused-ring (bicyclic) bond motifs is 1. The molecule has 0 aliphatic carbocycles. The SMILES string of the molecule is COC(=O)Cn1c(-c2ccn[nH]2)cc2ccc(C(N)=O)cc21. The van der Waals surface area contributed by atoms with Crippen LogP contribution in [0.1, 0.15) is 10.4 Å². The lowest BCUT2D eigenvalue weighted by molar-refractivity contribution is -0.141. The van der Waals surface area contributed by atoms with E-state index in [1.54, 1.807) is 35.0 Å². The number of rotatable bonds is 4. The smallest absolute Gasteiger partial charge is 0.325 e. The highest BCUT2D eigenvalue weighted by Gasteiger charge is 2.16. The van der Waals surface area contributed by atoms with Crippen LogP contribution in [0.5, 0.6) is 0 Å². The molecule has 1 amide bonds. The van der Waals surface area contributed by atoms with Crippen LogP contribution in [0.15, 0.2) is 36.5 Å². The van der Waals surface area contributed by atoms with E-state index < -0.39 is 5.91 Å². The molecular weight excluding hydrogens is 284 g/mol. The van der Waals surface area contributed by atoms with Crippen molar-refractivity contribution < 1.29 is 14.3 Å². The maximum atomic E-state index is 11.7. The van der Waals surface area contributed by atoms with Crippen molar-refractivity contribution in [3.05, 3.63) is 42.1 Å². The largest absolute Gasteiger partial charge is 0.468 e. The maximum Gasteiger partial charge on any atom is 0.325 e. The number of H-pyrrole nitrogens is 1. The summed E-state index contributed by atoms with van der Waals surface area (Å²) in [5.74, 6) is -0.904. The third kappa shape index (κ3) is 2.32. The van der Waals surface area contributed by atoms with Gasteiger partial charge in [0.2, 0.25) is 5.91 Å². The molecule has 0 saturated heterocycles. The number of nitrogens with one attached hydrogen (secondary N) is 1. The number of nitrogens with two attached hydrogens (primary N) is 1. The van der Waals surface area contributed by atoms with Crippen LogP contribution in [-0.2, 0) is 16.1 Å². The van der Waals surface area contributed by atoms with Gasteiger partial charge in [-0.15, -0.1) is 0 Å². The summed E-state index contributed by atoms with van der Waals surface area (Å²) >= 11 is 0. The van der Waals surface area contributed by atoms with Crippen molar-refractivity contribution in [3.63, 3.8) is 0 Å². The van der Waals surface area contributed by atoms with E-state index in [0.717, 1.165) is 22.3 Å². The van der Waals surface area contributed by atoms with Gasteiger partial charge in [0.1, 0.15) is 6.54 Å². The minimum Gasteiger partial charge on any atom is -0.468 e. The lowest BCUT2D eigenvalue weighted by Crippen LogP contribution is -2.13. The van der Waals surface area contributed by atoms with Gasteiger partial charge in [0.25, 0.3) is 0 Å². The summed E-state index contributed by atoms with van der Waals surface area (Å²) in [7, 11) is 1.33. The number of hydrogen-bond acceptors (Lipinski definition) is 4. The highest BCUT2D eigenvalue weighted by atomic mass is 16.5. The molecule has 7 nitrogen and oxygen atoms in total. The van der Waals surface area contributed by atoms with Crippen molar-refractivity contribution in [2.75, 3.05) is 7.11 Å². The van der Waals surface area contributed by atoms with Gasteiger partial charge < -0.3 is 15.0 Å². The Hall–Kier alpha value is -3.09. The van der Waals surface area contributed by atoms with Crippen LogP contribution in [0.25, 0.3) is 22.3 Å². The molecule has 3 rings (SSSR count). The van der Waals surface area contributed by atoms with E-state index in [-0.39, 0.29) is 12.5 Å². The molecule has 0 spiro atoms. The maximum absolute atomic E-state index is 11.7. The van der Waals surface area contributed by atoms with Crippen LogP contribution in [0, 0.1) is 0 Å². The van der Waals surface area contributed by atoms with Crippen molar-refractivity contribution in [2.24, 2.45) is 5.73 Å². The van der Waals surface area contributed by atoms with Gasteiger partial charge >= 0.3 is 5.97 Å². The molecule has 0 saturated carbocycles. The Bertz CT molecular complexity index is 849. The normalized spacial score (nSPS) is 10.8. The summed E-state index contributed by atoms with van der Waals surface area (Å²) in [4.78, 5) is 23.1. The predicted octanol–water partition coefficient (Wildman–Crippen LogP) is 1.30. The van der Waals surface area contributed by atoms with E-state index in [9.17, 15) is 9.59 Å². The number of amides is 1. The first-order valence-electron chi connectivity index (χ1n) is 6.60. The van der Waals surface area contributed by atoms with E-state index in [4.69, 9.17) is 10.5 Å². The number of carbonyl (C=O) groups excluding carboxylic acids is 2. The van der Waals surface area contributed by atoms with Gasteiger partial charge in [0, 0.05) is 22.7 Å². The van der Waals surface area contributed by atoms with Gasteiger partial charge in [0.15, 0.2) is 0 Å². The molecule has 0 aliphatic rings. The number of aromatic amines is 1. The number of hydrogen-bond donors (Lipinski definition) is 2. The van der Waals surface area contributed by atoms with Crippen LogP contribution >= 0.6 is 0 Å². The second-order valence-electron chi connectivity index (χ2n) is 4.80. The molecule has 3 N–H and O–H groups in total. The fraction of sp³-hybridized carbons (Fsp3) is 0.133. The molecule has 2 heterocycles. The Morgan fingerprint density at radius 3 is 2.77 bits per heavy atom. The highest BCUT2D eigenvalue weighted by Crippen LogP contribution is 2.27. The Balaban J connectivity index is 2.23. The molecule has 0 unspecified atom stereocenters. The van der Waals surface area contributed by atoms with Gasteiger partial charge in [-0.05, 0) is 24.3 Å². The molecule has 112 valence electrons. The van der Waals surface area contributed by atoms with Gasteiger partial charge in [0.05, 0.1) is 18.5 Å². The zero-order chi connectivity index (χ0) is 15.7. The molecule has 2 aromatic heterocycles. The lowest BCUT2D eigenvalue weighted by atomic mass is 10.1. The number of nitrogens with zero attached hydrogens (tertiary/aromatic N) is 2. The fourth-order valence-corrected chi connectivity index (χ4v) is 2.39. The average molecular weight is 298 g/mol. The molecule has 3 aromatic rings. The molecule has 0 atom stereocenters. The first kappa shape index (κ1) is 13.9. The second-order valence-corrected chi connectivity index (χ2v) is 4.80. The van der Waals surface area contributed by atoms with Crippen LogP contribution < -0.4 is 5.73 Å². The predicted molar refractivity (Wildman–Crippen MR) is 80.1 cm³/mol. The lowest BCUT2D eigenvalue weighted by Gasteiger charge is -2.08. The molecular formula is C15H14N4O3. The van der Waals surface area contributed by atoms with Gasteiger partial charge in [-0.1, -0.05) is 6.07 Å². The first-order valence-corrected chi connectivity index (χ1v) is 6.60. The van der Waals surface area contributed by atoms with Crippen LogP contribution in [0.3, 0.4) is 0 Å². The van der Waals surface area contributed by atoms with E-state index in [1.807, 2.05) is 6.07 Å². The van der Waals surface area contributed by atoms with Gasteiger partial charge in [-0.2, -0.15) is 5.10 Å². The Labute approximate surface area is 125 Å². The van der Waals surface area contributed by atoms with Crippen LogP contribution in [0.4, 0.5) is 0 Å². The molecule has 22 heavy (non-hydrogen) atoms. The molecule has 0 aliphatic heterocycles. The van der Waals surface area contributed by atoms with E-state index >= 15 is 0 Å². The summed E-state index contributed by atoms with van der Waals surface area (Å²) in [5, 5.41) is 7.68. The molecule has 0 bridgehead atoms. The Kier molecular flexibility index (Phi) is 3.38. The Morgan fingerprint density at radius 1 is 1.32 bits per heavy atom. The monoisotopic (exact) mass is 298 g/mol. The topological polar surface area (TPSA) is 103 Å². The second kappa shape index (κ2) is 5.36. The van der Waals surface area contributed by atoms with Gasteiger partial charge in [-0.3, -0.25) is 14.7 Å². The highest BCUT2D eigenvalue weighted by molar-refractivity contribution is 5.98. The number of esters is 1. The number of ether oxygens (including phenoxy) is 1. The van der Waals surface area contributed by atoms with Crippen molar-refractivity contribution in [1.82, 2.24) is 14.8 Å². The summed E-state index contributed by atoms with van der Waals surface area (Å²) in [5.41, 5.74) is 7.98. The standard InChI is InChI=1S/C15H14N4O3/c1-22-14(20)8-19-12-7-10(15(16)21)3-2-9(12)6-13(19)11-4-5-17-18-11/h2-7H,8H2,1H3,(H2,16,21)(H,17,18). The summed E-state index contributed by atoms with van der Waals surface area (Å²) in [6.45, 7) is 0.0244. The summed E-state index contributed by atoms with van der Waals surface area (Å²) < 4.78 is 6.51. The summed E-state index contributed by atoms with van der Waals surface area (Å²) in [6, 6.07) is 8.83. The van der Waals surface area contributed by atoms with E-state index in [1.165, 1.54) is 7.11 Å². The van der Waals surface area contributed by atoms with Crippen molar-refractivity contribution in [2.45, 2.75) is 6.54 Å². The average Bonchev–Trinajstić information content (AvgIpc) is 3.14. The number of aromatic nitrogens is 3. The quantitative estimate of drug-likeness (QED) is 0.708. The minimum absolute atomic E-state index is 0.0244. The van der Waals surface area contributed by atoms with Crippen molar-refractivity contribution in [1.29, 1.82) is 0 Å². The first-order chi connectivity index (χ1) is 10.6. The molecule has 7 heteroatoms. The number of primary amides is 1. The van der Waals surface area contributed by atoms with E-state index in [2.05, 4.69) is 10.2 Å². The summed E-state index contributed by atoms with van der Waals surface area (Å²) in [6.07, 6.45) is 1.63. The zero-order valence-corrected chi connectivity index (χ0v) is 11.9. The van der Waals surface area contributed by atoms with E-state index in [0.29, 0.717) is 5.56 Å². The Morgan fingerprint density at radius 2 is 2.14 bits per heavy atom. The van der Waals surface area contributed by atoms with Crippen LogP contribution in [0.2, 0.25) is 0 Å². The van der Waals surface area contributed by atoms with Crippen molar-refractivity contribution >= 4 is 22.8 Å². The number of methoxy groups -OCH3 is 1. The van der Waals surface area contributed by atoms with Crippen molar-refractivity contribution in [3.8, 4) is 11.4 Å². The third-order valence-electron chi connectivity index (χ3n) is 3.48. The molecule has 0 fully saturated rings. The molecule has 0 radical (unpaired) electrons. The number of carbonyl (C=O) groups is 2. The zero-order valence-electron chi connectivity index (χ0n) is 11.9. The third-order valence-corrected chi connectivity index (χ3v) is 3.48. The van der Waals surface area contributed by atoms with Crippen LogP contribution in [-0.4, -0.2) is 33.8 Å².